The highest BCUT2D eigenvalue weighted by Crippen LogP contribution is 2.28. The lowest BCUT2D eigenvalue weighted by atomic mass is 9.95. The maximum Gasteiger partial charge on any atom is 0.251 e. The summed E-state index contributed by atoms with van der Waals surface area (Å²) in [7, 11) is 0. The second kappa shape index (κ2) is 8.35. The zero-order chi connectivity index (χ0) is 19.6. The molecule has 0 radical (unpaired) electrons. The normalized spacial score (nSPS) is 16.7. The van der Waals surface area contributed by atoms with E-state index in [0.717, 1.165) is 0 Å². The summed E-state index contributed by atoms with van der Waals surface area (Å²) in [5.74, 6) is 0.650. The molecular weight excluding hydrogens is 373 g/mol. The standard InChI is InChI=1S/C19H23ClFN3O3/c1-11(2)18-22-17(23-27-18)12-6-8-24(9-7-12)19(26)16(25)10-13-14(20)4-3-5-15(13)21/h3-5,11-12,16,25H,6-10H2,1-2H3. The van der Waals surface area contributed by atoms with Crippen molar-refractivity contribution < 1.29 is 18.8 Å². The molecule has 27 heavy (non-hydrogen) atoms. The molecule has 1 aromatic carbocycles. The number of benzene rings is 1. The Morgan fingerprint density at radius 1 is 1.41 bits per heavy atom. The summed E-state index contributed by atoms with van der Waals surface area (Å²) >= 11 is 5.98. The highest BCUT2D eigenvalue weighted by atomic mass is 35.5. The number of amides is 1. The van der Waals surface area contributed by atoms with E-state index in [-0.39, 0.29) is 28.8 Å². The van der Waals surface area contributed by atoms with Crippen molar-refractivity contribution in [3.8, 4) is 0 Å². The Balaban J connectivity index is 1.57. The zero-order valence-electron chi connectivity index (χ0n) is 15.4. The molecule has 8 heteroatoms. The van der Waals surface area contributed by atoms with Gasteiger partial charge in [0, 0.05) is 41.9 Å². The Kier molecular flexibility index (Phi) is 6.11. The highest BCUT2D eigenvalue weighted by molar-refractivity contribution is 6.31. The first-order chi connectivity index (χ1) is 12.9. The van der Waals surface area contributed by atoms with E-state index in [1.165, 1.54) is 12.1 Å². The third-order valence-corrected chi connectivity index (χ3v) is 5.22. The summed E-state index contributed by atoms with van der Waals surface area (Å²) in [6.45, 7) is 4.94. The van der Waals surface area contributed by atoms with Crippen LogP contribution in [-0.2, 0) is 11.2 Å². The number of halogens is 2. The Labute approximate surface area is 162 Å². The molecule has 1 aliphatic rings. The number of hydrogen-bond acceptors (Lipinski definition) is 5. The first kappa shape index (κ1) is 19.8. The number of aliphatic hydroxyl groups excluding tert-OH is 1. The summed E-state index contributed by atoms with van der Waals surface area (Å²) in [5.41, 5.74) is 0.155. The van der Waals surface area contributed by atoms with Crippen molar-refractivity contribution in [1.29, 1.82) is 0 Å². The number of rotatable bonds is 5. The van der Waals surface area contributed by atoms with Gasteiger partial charge in [0.25, 0.3) is 5.91 Å². The SMILES string of the molecule is CC(C)c1nc(C2CCN(C(=O)C(O)Cc3c(F)cccc3Cl)CC2)no1. The molecule has 2 aromatic rings. The van der Waals surface area contributed by atoms with Crippen LogP contribution in [-0.4, -0.2) is 45.2 Å². The van der Waals surface area contributed by atoms with Crippen LogP contribution in [0.4, 0.5) is 4.39 Å². The molecule has 1 aliphatic heterocycles. The quantitative estimate of drug-likeness (QED) is 0.840. The van der Waals surface area contributed by atoms with Gasteiger partial charge >= 0.3 is 0 Å². The van der Waals surface area contributed by atoms with E-state index in [0.29, 0.717) is 37.6 Å². The third kappa shape index (κ3) is 4.47. The maximum absolute atomic E-state index is 13.9. The number of carbonyl (C=O) groups is 1. The number of hydrogen-bond donors (Lipinski definition) is 1. The predicted molar refractivity (Wildman–Crippen MR) is 98.1 cm³/mol. The van der Waals surface area contributed by atoms with Gasteiger partial charge in [0.05, 0.1) is 0 Å². The number of carbonyl (C=O) groups excluding carboxylic acids is 1. The van der Waals surface area contributed by atoms with Crippen LogP contribution >= 0.6 is 11.6 Å². The number of likely N-dealkylation sites (tertiary alicyclic amines) is 1. The average Bonchev–Trinajstić information content (AvgIpc) is 3.15. The van der Waals surface area contributed by atoms with Crippen LogP contribution in [0.1, 0.15) is 55.8 Å². The highest BCUT2D eigenvalue weighted by Gasteiger charge is 2.30. The molecule has 1 saturated heterocycles. The van der Waals surface area contributed by atoms with Crippen LogP contribution in [0.25, 0.3) is 0 Å². The number of piperidine rings is 1. The minimum absolute atomic E-state index is 0.128. The molecule has 6 nitrogen and oxygen atoms in total. The molecule has 2 heterocycles. The summed E-state index contributed by atoms with van der Waals surface area (Å²) in [6.07, 6.45) is -0.0904. The van der Waals surface area contributed by atoms with E-state index in [2.05, 4.69) is 10.1 Å². The molecule has 0 aliphatic carbocycles. The van der Waals surface area contributed by atoms with Crippen molar-refractivity contribution in [3.63, 3.8) is 0 Å². The van der Waals surface area contributed by atoms with Crippen molar-refractivity contribution in [2.45, 2.75) is 51.0 Å². The molecule has 3 rings (SSSR count). The van der Waals surface area contributed by atoms with Gasteiger partial charge in [-0.2, -0.15) is 4.98 Å². The van der Waals surface area contributed by atoms with E-state index in [1.807, 2.05) is 13.8 Å². The fourth-order valence-electron chi connectivity index (χ4n) is 3.22. The Bertz CT molecular complexity index is 783. The monoisotopic (exact) mass is 395 g/mol. The summed E-state index contributed by atoms with van der Waals surface area (Å²) < 4.78 is 19.1. The van der Waals surface area contributed by atoms with E-state index < -0.39 is 17.8 Å². The van der Waals surface area contributed by atoms with E-state index in [9.17, 15) is 14.3 Å². The largest absolute Gasteiger partial charge is 0.383 e. The molecule has 1 aromatic heterocycles. The van der Waals surface area contributed by atoms with Crippen LogP contribution in [0, 0.1) is 5.82 Å². The minimum atomic E-state index is -1.33. The first-order valence-corrected chi connectivity index (χ1v) is 9.47. The van der Waals surface area contributed by atoms with E-state index in [4.69, 9.17) is 16.1 Å². The molecular formula is C19H23ClFN3O3. The topological polar surface area (TPSA) is 79.5 Å². The van der Waals surface area contributed by atoms with Crippen molar-refractivity contribution in [2.75, 3.05) is 13.1 Å². The van der Waals surface area contributed by atoms with Gasteiger partial charge in [-0.3, -0.25) is 4.79 Å². The summed E-state index contributed by atoms with van der Waals surface area (Å²) in [6, 6.07) is 4.29. The lowest BCUT2D eigenvalue weighted by molar-refractivity contribution is -0.141. The lowest BCUT2D eigenvalue weighted by Gasteiger charge is -2.32. The molecule has 1 atom stereocenters. The van der Waals surface area contributed by atoms with Gasteiger partial charge < -0.3 is 14.5 Å². The maximum atomic E-state index is 13.9. The van der Waals surface area contributed by atoms with E-state index >= 15 is 0 Å². The molecule has 1 unspecified atom stereocenters. The predicted octanol–water partition coefficient (Wildman–Crippen LogP) is 3.30. The Morgan fingerprint density at radius 3 is 2.70 bits per heavy atom. The van der Waals surface area contributed by atoms with Gasteiger partial charge in [0.2, 0.25) is 5.89 Å². The van der Waals surface area contributed by atoms with E-state index in [1.54, 1.807) is 11.0 Å². The molecule has 1 amide bonds. The number of aliphatic hydroxyl groups is 1. The summed E-state index contributed by atoms with van der Waals surface area (Å²) in [5, 5.41) is 14.5. The number of aromatic nitrogens is 2. The van der Waals surface area contributed by atoms with Gasteiger partial charge in [-0.25, -0.2) is 4.39 Å². The van der Waals surface area contributed by atoms with Crippen molar-refractivity contribution in [2.24, 2.45) is 0 Å². The molecule has 0 spiro atoms. The van der Waals surface area contributed by atoms with Gasteiger partial charge in [0.1, 0.15) is 11.9 Å². The smallest absolute Gasteiger partial charge is 0.251 e. The first-order valence-electron chi connectivity index (χ1n) is 9.10. The van der Waals surface area contributed by atoms with Crippen LogP contribution in [0.15, 0.2) is 22.7 Å². The van der Waals surface area contributed by atoms with Crippen LogP contribution in [0.3, 0.4) is 0 Å². The summed E-state index contributed by atoms with van der Waals surface area (Å²) in [4.78, 5) is 18.5. The Hall–Kier alpha value is -1.99. The third-order valence-electron chi connectivity index (χ3n) is 4.87. The fourth-order valence-corrected chi connectivity index (χ4v) is 3.46. The van der Waals surface area contributed by atoms with Crippen LogP contribution < -0.4 is 0 Å². The second-order valence-corrected chi connectivity index (χ2v) is 7.57. The fraction of sp³-hybridized carbons (Fsp3) is 0.526. The molecule has 0 saturated carbocycles. The molecule has 1 fully saturated rings. The molecule has 0 bridgehead atoms. The van der Waals surface area contributed by atoms with Gasteiger partial charge in [-0.15, -0.1) is 0 Å². The molecule has 1 N–H and O–H groups in total. The molecule has 146 valence electrons. The lowest BCUT2D eigenvalue weighted by Crippen LogP contribution is -2.44. The average molecular weight is 396 g/mol. The van der Waals surface area contributed by atoms with Crippen LogP contribution in [0.5, 0.6) is 0 Å². The number of nitrogens with zero attached hydrogens (tertiary/aromatic N) is 3. The second-order valence-electron chi connectivity index (χ2n) is 7.17. The van der Waals surface area contributed by atoms with Gasteiger partial charge in [-0.1, -0.05) is 36.7 Å². The van der Waals surface area contributed by atoms with Crippen molar-refractivity contribution in [1.82, 2.24) is 15.0 Å². The van der Waals surface area contributed by atoms with Gasteiger partial charge in [-0.05, 0) is 25.0 Å². The van der Waals surface area contributed by atoms with Crippen molar-refractivity contribution in [3.05, 3.63) is 46.3 Å². The Morgan fingerprint density at radius 2 is 2.11 bits per heavy atom. The zero-order valence-corrected chi connectivity index (χ0v) is 16.1. The van der Waals surface area contributed by atoms with Gasteiger partial charge in [0.15, 0.2) is 5.82 Å². The van der Waals surface area contributed by atoms with Crippen molar-refractivity contribution >= 4 is 17.5 Å². The minimum Gasteiger partial charge on any atom is -0.383 e. The van der Waals surface area contributed by atoms with Crippen LogP contribution in [0.2, 0.25) is 5.02 Å².